The number of fused-ring (bicyclic) bond motifs is 1. The van der Waals surface area contributed by atoms with E-state index in [2.05, 4.69) is 31.9 Å². The van der Waals surface area contributed by atoms with Crippen molar-refractivity contribution in [3.05, 3.63) is 85.5 Å². The molecule has 3 aliphatic heterocycles. The van der Waals surface area contributed by atoms with Crippen molar-refractivity contribution >= 4 is 29.2 Å². The molecule has 2 unspecified atom stereocenters. The van der Waals surface area contributed by atoms with Crippen LogP contribution >= 0.6 is 0 Å². The molecule has 0 radical (unpaired) electrons. The molecule has 5 rings (SSSR count). The molecule has 2 amide bonds. The number of allylic oxidation sites excluding steroid dienone is 1. The van der Waals surface area contributed by atoms with Crippen LogP contribution in [0, 0.1) is 11.8 Å². The van der Waals surface area contributed by atoms with Crippen molar-refractivity contribution in [3.63, 3.8) is 0 Å². The second-order valence-electron chi connectivity index (χ2n) is 13.0. The minimum Gasteiger partial charge on any atom is -0.465 e. The second kappa shape index (κ2) is 14.4. The van der Waals surface area contributed by atoms with Gasteiger partial charge in [0.15, 0.2) is 0 Å². The Morgan fingerprint density at radius 2 is 1.72 bits per heavy atom. The molecule has 47 heavy (non-hydrogen) atoms. The maximum Gasteiger partial charge on any atom is 0.312 e. The van der Waals surface area contributed by atoms with Gasteiger partial charge in [0.25, 0.3) is 5.91 Å². The zero-order chi connectivity index (χ0) is 33.8. The first-order valence-corrected chi connectivity index (χ1v) is 16.9. The zero-order valence-corrected chi connectivity index (χ0v) is 28.0. The van der Waals surface area contributed by atoms with Gasteiger partial charge >= 0.3 is 5.97 Å². The Morgan fingerprint density at radius 3 is 2.34 bits per heavy atom. The van der Waals surface area contributed by atoms with Crippen LogP contribution in [0.2, 0.25) is 0 Å². The monoisotopic (exact) mass is 643 g/mol. The van der Waals surface area contributed by atoms with Gasteiger partial charge in [0.05, 0.1) is 30.8 Å². The molecule has 1 spiro atoms. The highest BCUT2D eigenvalue weighted by molar-refractivity contribution is 6.05. The number of ether oxygens (including phenoxy) is 2. The first-order chi connectivity index (χ1) is 22.7. The van der Waals surface area contributed by atoms with Gasteiger partial charge in [-0.1, -0.05) is 42.5 Å². The average Bonchev–Trinajstić information content (AvgIpc) is 3.65. The van der Waals surface area contributed by atoms with Gasteiger partial charge in [0.1, 0.15) is 17.6 Å². The molecular formula is C38H49N3O6. The lowest BCUT2D eigenvalue weighted by molar-refractivity contribution is -0.160. The Labute approximate surface area is 278 Å². The predicted octanol–water partition coefficient (Wildman–Crippen LogP) is 5.45. The molecule has 9 heteroatoms. The molecule has 3 heterocycles. The quantitative estimate of drug-likeness (QED) is 0.148. The standard InChI is InChI=1S/C38H49N3O6/c1-6-10-11-15-25-46-36(45)32-31-34(43)41(30(26-42)27-16-13-12-14-17-27)33(38(31)23-22-37(32,5)47-38)35(44)40(24-7-2)29-20-18-28(19-21-29)39(8-3)9-4/h6-7,12-14,16-21,30-33,42H,1-2,8-11,15,22-26H2,3-5H3/t30-,31+,32-,33?,37+,38?/m1/s1. The smallest absolute Gasteiger partial charge is 0.312 e. The number of hydrogen-bond acceptors (Lipinski definition) is 7. The largest absolute Gasteiger partial charge is 0.465 e. The number of aliphatic hydroxyl groups excluding tert-OH is 1. The molecule has 3 saturated heterocycles. The van der Waals surface area contributed by atoms with Crippen LogP contribution in [-0.2, 0) is 23.9 Å². The van der Waals surface area contributed by atoms with Gasteiger partial charge in [-0.2, -0.15) is 0 Å². The van der Waals surface area contributed by atoms with Crippen LogP contribution in [0.25, 0.3) is 0 Å². The average molecular weight is 644 g/mol. The van der Waals surface area contributed by atoms with Crippen molar-refractivity contribution in [1.29, 1.82) is 0 Å². The van der Waals surface area contributed by atoms with Crippen LogP contribution in [0.4, 0.5) is 11.4 Å². The summed E-state index contributed by atoms with van der Waals surface area (Å²) in [6.45, 7) is 15.5. The summed E-state index contributed by atoms with van der Waals surface area (Å²) in [5.41, 5.74) is 0.172. The van der Waals surface area contributed by atoms with Gasteiger partial charge in [-0.25, -0.2) is 0 Å². The van der Waals surface area contributed by atoms with Gasteiger partial charge in [0.2, 0.25) is 5.91 Å². The fourth-order valence-electron chi connectivity index (χ4n) is 8.05. The van der Waals surface area contributed by atoms with Crippen molar-refractivity contribution in [2.75, 3.05) is 42.6 Å². The van der Waals surface area contributed by atoms with Crippen LogP contribution in [0.5, 0.6) is 0 Å². The maximum atomic E-state index is 15.0. The molecular weight excluding hydrogens is 594 g/mol. The molecule has 3 fully saturated rings. The van der Waals surface area contributed by atoms with E-state index in [1.54, 1.807) is 11.0 Å². The normalized spacial score (nSPS) is 26.5. The van der Waals surface area contributed by atoms with E-state index in [-0.39, 0.29) is 25.0 Å². The summed E-state index contributed by atoms with van der Waals surface area (Å²) in [4.78, 5) is 48.9. The molecule has 0 aliphatic carbocycles. The van der Waals surface area contributed by atoms with E-state index in [9.17, 15) is 14.7 Å². The number of nitrogens with zero attached hydrogens (tertiary/aromatic N) is 3. The number of aliphatic hydroxyl groups is 1. The van der Waals surface area contributed by atoms with Crippen LogP contribution < -0.4 is 9.80 Å². The van der Waals surface area contributed by atoms with Gasteiger partial charge in [-0.15, -0.1) is 13.2 Å². The van der Waals surface area contributed by atoms with Gasteiger partial charge in [-0.3, -0.25) is 14.4 Å². The fourth-order valence-corrected chi connectivity index (χ4v) is 8.05. The molecule has 0 aromatic heterocycles. The van der Waals surface area contributed by atoms with Crippen LogP contribution in [0.3, 0.4) is 0 Å². The third kappa shape index (κ3) is 6.11. The summed E-state index contributed by atoms with van der Waals surface area (Å²) in [6.07, 6.45) is 6.77. The number of carbonyl (C=O) groups excluding carboxylic acids is 3. The lowest BCUT2D eigenvalue weighted by Crippen LogP contribution is -2.57. The third-order valence-corrected chi connectivity index (χ3v) is 10.3. The number of carbonyl (C=O) groups is 3. The van der Waals surface area contributed by atoms with Crippen molar-refractivity contribution in [1.82, 2.24) is 4.90 Å². The third-order valence-electron chi connectivity index (χ3n) is 10.3. The number of amides is 2. The van der Waals surface area contributed by atoms with E-state index in [0.29, 0.717) is 30.5 Å². The summed E-state index contributed by atoms with van der Waals surface area (Å²) < 4.78 is 12.6. The Balaban J connectivity index is 1.56. The highest BCUT2D eigenvalue weighted by Crippen LogP contribution is 2.64. The van der Waals surface area contributed by atoms with E-state index in [0.717, 1.165) is 31.6 Å². The van der Waals surface area contributed by atoms with Gasteiger partial charge < -0.3 is 29.3 Å². The Bertz CT molecular complexity index is 1440. The lowest BCUT2D eigenvalue weighted by Gasteiger charge is -2.39. The summed E-state index contributed by atoms with van der Waals surface area (Å²) in [5.74, 6) is -2.99. The molecule has 3 aliphatic rings. The maximum absolute atomic E-state index is 15.0. The molecule has 1 N–H and O–H groups in total. The zero-order valence-electron chi connectivity index (χ0n) is 28.0. The Kier molecular flexibility index (Phi) is 10.6. The molecule has 6 atom stereocenters. The number of rotatable bonds is 16. The van der Waals surface area contributed by atoms with Crippen LogP contribution in [0.15, 0.2) is 79.9 Å². The number of hydrogen-bond donors (Lipinski definition) is 1. The van der Waals surface area contributed by atoms with Crippen molar-refractivity contribution in [2.24, 2.45) is 11.8 Å². The van der Waals surface area contributed by atoms with Gasteiger partial charge in [-0.05, 0) is 82.7 Å². The summed E-state index contributed by atoms with van der Waals surface area (Å²) in [5, 5.41) is 10.8. The molecule has 0 saturated carbocycles. The number of benzene rings is 2. The second-order valence-corrected chi connectivity index (χ2v) is 13.0. The topological polar surface area (TPSA) is 99.6 Å². The summed E-state index contributed by atoms with van der Waals surface area (Å²) in [6, 6.07) is 15.1. The highest BCUT2D eigenvalue weighted by Gasteiger charge is 2.79. The van der Waals surface area contributed by atoms with E-state index < -0.39 is 47.7 Å². The van der Waals surface area contributed by atoms with E-state index in [1.165, 1.54) is 4.90 Å². The molecule has 252 valence electrons. The van der Waals surface area contributed by atoms with Crippen LogP contribution in [-0.4, -0.2) is 77.9 Å². The highest BCUT2D eigenvalue weighted by atomic mass is 16.6. The van der Waals surface area contributed by atoms with E-state index in [1.807, 2.05) is 67.6 Å². The first kappa shape index (κ1) is 34.4. The number of anilines is 2. The Morgan fingerprint density at radius 1 is 1.04 bits per heavy atom. The van der Waals surface area contributed by atoms with Crippen molar-refractivity contribution < 1.29 is 29.0 Å². The van der Waals surface area contributed by atoms with Gasteiger partial charge in [0, 0.05) is 31.0 Å². The van der Waals surface area contributed by atoms with E-state index >= 15 is 4.79 Å². The summed E-state index contributed by atoms with van der Waals surface area (Å²) >= 11 is 0. The molecule has 2 bridgehead atoms. The molecule has 2 aromatic rings. The van der Waals surface area contributed by atoms with E-state index in [4.69, 9.17) is 9.47 Å². The minimum absolute atomic E-state index is 0.200. The minimum atomic E-state index is -1.27. The number of unbranched alkanes of at least 4 members (excludes halogenated alkanes) is 2. The fraction of sp³-hybridized carbons (Fsp3) is 0.500. The molecule has 2 aromatic carbocycles. The molecule has 9 nitrogen and oxygen atoms in total. The van der Waals surface area contributed by atoms with Crippen molar-refractivity contribution in [3.8, 4) is 0 Å². The van der Waals surface area contributed by atoms with Crippen molar-refractivity contribution in [2.45, 2.75) is 76.2 Å². The predicted molar refractivity (Wildman–Crippen MR) is 183 cm³/mol. The lowest BCUT2D eigenvalue weighted by atomic mass is 9.66. The first-order valence-electron chi connectivity index (χ1n) is 16.9. The SMILES string of the molecule is C=CCCCCOC(=O)[C@H]1[C@H]2C(=O)N([C@H](CO)c3ccccc3)C(C(=O)N(CC=C)c3ccc(N(CC)CC)cc3)C23CC[C@]1(C)O3. The number of likely N-dealkylation sites (tertiary alicyclic amines) is 1. The number of esters is 1. The Hall–Kier alpha value is -3.95. The summed E-state index contributed by atoms with van der Waals surface area (Å²) in [7, 11) is 0. The van der Waals surface area contributed by atoms with Crippen LogP contribution in [0.1, 0.15) is 64.5 Å².